The smallest absolute Gasteiger partial charge is 0.257 e. The van der Waals surface area contributed by atoms with Gasteiger partial charge in [0.15, 0.2) is 11.6 Å². The Morgan fingerprint density at radius 2 is 1.61 bits per heavy atom. The maximum atomic E-state index is 13.8. The Balaban J connectivity index is 1.49. The summed E-state index contributed by atoms with van der Waals surface area (Å²) in [4.78, 5) is 19.1. The predicted octanol–water partition coefficient (Wildman–Crippen LogP) is 7.28. The number of anilines is 1. The number of rotatable bonds is 9. The molecular weight excluding hydrogens is 484 g/mol. The standard InChI is InChI=1S/C31H29F2N3O2/c32-28-16-15-25(17-29(28)33)35-31(37)27-18-26(19-34-38-21-23-11-5-2-6-12-23)36(20-22-9-3-1-4-10-22)30(27)24-13-7-8-14-24/h1-6,9-12,15-19,24H,7-8,13-14,20-21H2,(H,35,37)/b34-19+. The van der Waals surface area contributed by atoms with E-state index >= 15 is 0 Å². The number of aromatic nitrogens is 1. The molecule has 194 valence electrons. The maximum absolute atomic E-state index is 13.8. The highest BCUT2D eigenvalue weighted by Gasteiger charge is 2.28. The largest absolute Gasteiger partial charge is 0.391 e. The summed E-state index contributed by atoms with van der Waals surface area (Å²) in [5.74, 6) is -2.14. The van der Waals surface area contributed by atoms with Gasteiger partial charge in [0.05, 0.1) is 17.5 Å². The van der Waals surface area contributed by atoms with Crippen LogP contribution in [0.1, 0.15) is 64.5 Å². The molecular formula is C31H29F2N3O2. The molecule has 5 rings (SSSR count). The zero-order valence-electron chi connectivity index (χ0n) is 20.9. The van der Waals surface area contributed by atoms with Crippen molar-refractivity contribution in [2.24, 2.45) is 5.16 Å². The third-order valence-electron chi connectivity index (χ3n) is 6.85. The van der Waals surface area contributed by atoms with Gasteiger partial charge in [0.1, 0.15) is 6.61 Å². The molecule has 1 fully saturated rings. The molecule has 0 atom stereocenters. The summed E-state index contributed by atoms with van der Waals surface area (Å²) >= 11 is 0. The van der Waals surface area contributed by atoms with Crippen molar-refractivity contribution in [3.8, 4) is 0 Å². The molecule has 0 aliphatic heterocycles. The fraction of sp³-hybridized carbons (Fsp3) is 0.226. The van der Waals surface area contributed by atoms with E-state index in [1.165, 1.54) is 6.07 Å². The number of carbonyl (C=O) groups is 1. The summed E-state index contributed by atoms with van der Waals surface area (Å²) in [5.41, 5.74) is 4.46. The molecule has 38 heavy (non-hydrogen) atoms. The molecule has 0 unspecified atom stereocenters. The second-order valence-electron chi connectivity index (χ2n) is 9.50. The molecule has 1 aliphatic rings. The minimum atomic E-state index is -1.01. The summed E-state index contributed by atoms with van der Waals surface area (Å²) in [6, 6.07) is 25.0. The van der Waals surface area contributed by atoms with Crippen molar-refractivity contribution < 1.29 is 18.4 Å². The maximum Gasteiger partial charge on any atom is 0.257 e. The van der Waals surface area contributed by atoms with Gasteiger partial charge >= 0.3 is 0 Å². The topological polar surface area (TPSA) is 55.6 Å². The van der Waals surface area contributed by atoms with Crippen molar-refractivity contribution in [2.75, 3.05) is 5.32 Å². The summed E-state index contributed by atoms with van der Waals surface area (Å²) in [5, 5.41) is 6.96. The molecule has 5 nitrogen and oxygen atoms in total. The van der Waals surface area contributed by atoms with E-state index in [0.717, 1.165) is 60.3 Å². The molecule has 0 radical (unpaired) electrons. The molecule has 1 aromatic heterocycles. The van der Waals surface area contributed by atoms with Crippen molar-refractivity contribution in [1.29, 1.82) is 0 Å². The minimum absolute atomic E-state index is 0.198. The van der Waals surface area contributed by atoms with Crippen LogP contribution >= 0.6 is 0 Å². The van der Waals surface area contributed by atoms with Crippen LogP contribution in [0.15, 0.2) is 90.1 Å². The van der Waals surface area contributed by atoms with Gasteiger partial charge in [-0.05, 0) is 42.2 Å². The van der Waals surface area contributed by atoms with Crippen LogP contribution in [-0.2, 0) is 18.0 Å². The Labute approximate surface area is 220 Å². The number of carbonyl (C=O) groups excluding carboxylic acids is 1. The molecule has 7 heteroatoms. The molecule has 0 bridgehead atoms. The number of nitrogens with one attached hydrogen (secondary N) is 1. The van der Waals surface area contributed by atoms with Crippen LogP contribution in [0.4, 0.5) is 14.5 Å². The summed E-state index contributed by atoms with van der Waals surface area (Å²) in [6.07, 6.45) is 5.78. The van der Waals surface area contributed by atoms with Crippen molar-refractivity contribution in [3.63, 3.8) is 0 Å². The van der Waals surface area contributed by atoms with Gasteiger partial charge in [0.25, 0.3) is 5.91 Å². The van der Waals surface area contributed by atoms with Gasteiger partial charge in [-0.1, -0.05) is 78.7 Å². The first-order chi connectivity index (χ1) is 18.6. The number of hydrogen-bond acceptors (Lipinski definition) is 3. The first-order valence-electron chi connectivity index (χ1n) is 12.8. The van der Waals surface area contributed by atoms with E-state index in [9.17, 15) is 13.6 Å². The Morgan fingerprint density at radius 1 is 0.921 bits per heavy atom. The zero-order chi connectivity index (χ0) is 26.3. The number of benzene rings is 3. The molecule has 1 heterocycles. The molecule has 1 aliphatic carbocycles. The van der Waals surface area contributed by atoms with E-state index < -0.39 is 11.6 Å². The molecule has 1 amide bonds. The van der Waals surface area contributed by atoms with Gasteiger partial charge < -0.3 is 14.7 Å². The van der Waals surface area contributed by atoms with Crippen LogP contribution in [0.25, 0.3) is 0 Å². The van der Waals surface area contributed by atoms with E-state index in [1.807, 2.05) is 60.7 Å². The lowest BCUT2D eigenvalue weighted by molar-refractivity contribution is 0.102. The number of oxime groups is 1. The Hall–Kier alpha value is -4.26. The zero-order valence-corrected chi connectivity index (χ0v) is 20.9. The average molecular weight is 514 g/mol. The molecule has 4 aromatic rings. The third-order valence-corrected chi connectivity index (χ3v) is 6.85. The fourth-order valence-electron chi connectivity index (χ4n) is 5.00. The molecule has 0 spiro atoms. The van der Waals surface area contributed by atoms with Crippen LogP contribution in [-0.4, -0.2) is 16.7 Å². The first-order valence-corrected chi connectivity index (χ1v) is 12.8. The number of nitrogens with zero attached hydrogens (tertiary/aromatic N) is 2. The van der Waals surface area contributed by atoms with Crippen molar-refractivity contribution in [3.05, 3.63) is 125 Å². The summed E-state index contributed by atoms with van der Waals surface area (Å²) in [6.45, 7) is 0.890. The third kappa shape index (κ3) is 5.99. The minimum Gasteiger partial charge on any atom is -0.391 e. The van der Waals surface area contributed by atoms with Crippen molar-refractivity contribution >= 4 is 17.8 Å². The number of halogens is 2. The van der Waals surface area contributed by atoms with Crippen LogP contribution in [0.2, 0.25) is 0 Å². The fourth-order valence-corrected chi connectivity index (χ4v) is 5.00. The second-order valence-corrected chi connectivity index (χ2v) is 9.50. The van der Waals surface area contributed by atoms with Gasteiger partial charge in [0.2, 0.25) is 0 Å². The molecule has 3 aromatic carbocycles. The van der Waals surface area contributed by atoms with E-state index in [2.05, 4.69) is 15.0 Å². The second kappa shape index (κ2) is 11.9. The quantitative estimate of drug-likeness (QED) is 0.189. The van der Waals surface area contributed by atoms with Crippen LogP contribution < -0.4 is 5.32 Å². The van der Waals surface area contributed by atoms with Crippen molar-refractivity contribution in [1.82, 2.24) is 4.57 Å². The van der Waals surface area contributed by atoms with E-state index in [-0.39, 0.29) is 17.5 Å². The Morgan fingerprint density at radius 3 is 2.29 bits per heavy atom. The monoisotopic (exact) mass is 513 g/mol. The van der Waals surface area contributed by atoms with Crippen molar-refractivity contribution in [2.45, 2.75) is 44.8 Å². The lowest BCUT2D eigenvalue weighted by Crippen LogP contribution is -2.17. The van der Waals surface area contributed by atoms with Gasteiger partial charge in [-0.15, -0.1) is 0 Å². The molecule has 1 saturated carbocycles. The normalized spacial score (nSPS) is 13.7. The van der Waals surface area contributed by atoms with Gasteiger partial charge in [-0.2, -0.15) is 0 Å². The molecule has 1 N–H and O–H groups in total. The number of amides is 1. The van der Waals surface area contributed by atoms with Gasteiger partial charge in [-0.3, -0.25) is 4.79 Å². The molecule has 0 saturated heterocycles. The van der Waals surface area contributed by atoms with Crippen LogP contribution in [0.5, 0.6) is 0 Å². The van der Waals surface area contributed by atoms with E-state index in [1.54, 1.807) is 12.3 Å². The highest BCUT2D eigenvalue weighted by Crippen LogP contribution is 2.38. The SMILES string of the molecule is O=C(Nc1ccc(F)c(F)c1)c1cc(/C=N/OCc2ccccc2)n(Cc2ccccc2)c1C1CCCC1. The Kier molecular flexibility index (Phi) is 7.92. The van der Waals surface area contributed by atoms with E-state index in [4.69, 9.17) is 4.84 Å². The Bertz CT molecular complexity index is 1410. The van der Waals surface area contributed by atoms with Gasteiger partial charge in [-0.25, -0.2) is 8.78 Å². The summed E-state index contributed by atoms with van der Waals surface area (Å²) in [7, 11) is 0. The van der Waals surface area contributed by atoms with Crippen LogP contribution in [0, 0.1) is 11.6 Å². The predicted molar refractivity (Wildman–Crippen MR) is 144 cm³/mol. The highest BCUT2D eigenvalue weighted by molar-refractivity contribution is 6.06. The lowest BCUT2D eigenvalue weighted by Gasteiger charge is -2.18. The average Bonchev–Trinajstić information content (AvgIpc) is 3.58. The summed E-state index contributed by atoms with van der Waals surface area (Å²) < 4.78 is 29.4. The highest BCUT2D eigenvalue weighted by atomic mass is 19.2. The first kappa shape index (κ1) is 25.4. The van der Waals surface area contributed by atoms with Gasteiger partial charge in [0, 0.05) is 29.9 Å². The van der Waals surface area contributed by atoms with Crippen LogP contribution in [0.3, 0.4) is 0 Å². The number of hydrogen-bond donors (Lipinski definition) is 1. The van der Waals surface area contributed by atoms with E-state index in [0.29, 0.717) is 18.7 Å². The lowest BCUT2D eigenvalue weighted by atomic mass is 9.99.